The van der Waals surface area contributed by atoms with E-state index in [2.05, 4.69) is 170 Å². The molecule has 0 unspecified atom stereocenters. The first kappa shape index (κ1) is 31.2. The van der Waals surface area contributed by atoms with E-state index in [1.54, 1.807) is 0 Å². The number of para-hydroxylation sites is 1. The maximum absolute atomic E-state index is 5.24. The molecule has 0 radical (unpaired) electrons. The molecule has 1 aliphatic heterocycles. The van der Waals surface area contributed by atoms with Crippen LogP contribution in [0.3, 0.4) is 0 Å². The highest BCUT2D eigenvalue weighted by molar-refractivity contribution is 6.19. The van der Waals surface area contributed by atoms with Gasteiger partial charge in [-0.3, -0.25) is 0 Å². The molecule has 12 rings (SSSR count). The van der Waals surface area contributed by atoms with Crippen LogP contribution in [0.15, 0.2) is 170 Å². The summed E-state index contributed by atoms with van der Waals surface area (Å²) in [5, 5.41) is 4.92. The Bertz CT molecular complexity index is 3280. The van der Waals surface area contributed by atoms with Crippen LogP contribution in [0.1, 0.15) is 25.0 Å². The van der Waals surface area contributed by atoms with Crippen molar-refractivity contribution in [3.63, 3.8) is 0 Å². The van der Waals surface area contributed by atoms with Crippen LogP contribution in [0.25, 0.3) is 106 Å². The molecule has 3 heterocycles. The summed E-state index contributed by atoms with van der Waals surface area (Å²) in [4.78, 5) is 15.5. The van der Waals surface area contributed by atoms with E-state index >= 15 is 0 Å². The third-order valence-corrected chi connectivity index (χ3v) is 12.2. The number of rotatable bonds is 4. The lowest BCUT2D eigenvalue weighted by molar-refractivity contribution is 0.661. The monoisotopic (exact) mass is 714 g/mol. The van der Waals surface area contributed by atoms with Crippen molar-refractivity contribution in [2.75, 3.05) is 0 Å². The van der Waals surface area contributed by atoms with E-state index in [1.165, 1.54) is 66.1 Å². The van der Waals surface area contributed by atoms with Gasteiger partial charge in [-0.25, -0.2) is 15.0 Å². The van der Waals surface area contributed by atoms with Crippen molar-refractivity contribution in [3.8, 4) is 73.2 Å². The molecule has 0 spiro atoms. The normalized spacial score (nSPS) is 13.3. The summed E-state index contributed by atoms with van der Waals surface area (Å²) >= 11 is 0. The van der Waals surface area contributed by atoms with Gasteiger partial charge in [-0.1, -0.05) is 159 Å². The van der Waals surface area contributed by atoms with Gasteiger partial charge >= 0.3 is 0 Å². The first-order chi connectivity index (χ1) is 27.5. The van der Waals surface area contributed by atoms with E-state index < -0.39 is 0 Å². The Morgan fingerprint density at radius 1 is 0.411 bits per heavy atom. The Kier molecular flexibility index (Phi) is 6.37. The lowest BCUT2D eigenvalue weighted by Crippen LogP contribution is -2.15. The molecule has 0 saturated carbocycles. The van der Waals surface area contributed by atoms with Crippen molar-refractivity contribution in [1.29, 1.82) is 0 Å². The Morgan fingerprint density at radius 3 is 1.88 bits per heavy atom. The van der Waals surface area contributed by atoms with Crippen LogP contribution in [0.4, 0.5) is 0 Å². The van der Waals surface area contributed by atoms with Crippen LogP contribution in [0, 0.1) is 0 Å². The summed E-state index contributed by atoms with van der Waals surface area (Å²) < 4.78 is 2.50. The number of hydrogen-bond donors (Lipinski definition) is 0. The van der Waals surface area contributed by atoms with Gasteiger partial charge in [0.25, 0.3) is 0 Å². The maximum atomic E-state index is 5.24. The molecule has 0 atom stereocenters. The van der Waals surface area contributed by atoms with Crippen LogP contribution in [0.2, 0.25) is 0 Å². The molecule has 4 heteroatoms. The average molecular weight is 715 g/mol. The predicted molar refractivity (Wildman–Crippen MR) is 230 cm³/mol. The number of fused-ring (bicyclic) bond motifs is 7. The van der Waals surface area contributed by atoms with Crippen molar-refractivity contribution < 1.29 is 0 Å². The van der Waals surface area contributed by atoms with Crippen LogP contribution in [-0.2, 0) is 5.41 Å². The molecule has 0 amide bonds. The van der Waals surface area contributed by atoms with Gasteiger partial charge in [0.2, 0.25) is 0 Å². The molecular weight excluding hydrogens is 681 g/mol. The first-order valence-electron chi connectivity index (χ1n) is 19.3. The molecular formula is C52H34N4. The largest absolute Gasteiger partial charge is 0.308 e. The van der Waals surface area contributed by atoms with Gasteiger partial charge in [0, 0.05) is 44.0 Å². The SMILES string of the molecule is CC1(C)c2cccc3c2-c2c1ccc1c4ccc(-c5nc(-c6ccccc6)nc(-c6cccc(-c7ccc8ccccc8c7)c6)n5)cc4n(c21)-c1ccccc1-3. The summed E-state index contributed by atoms with van der Waals surface area (Å²) in [5.74, 6) is 1.93. The lowest BCUT2D eigenvalue weighted by Gasteiger charge is -2.22. The molecule has 56 heavy (non-hydrogen) atoms. The van der Waals surface area contributed by atoms with Gasteiger partial charge in [0.15, 0.2) is 17.5 Å². The molecule has 4 nitrogen and oxygen atoms in total. The summed E-state index contributed by atoms with van der Waals surface area (Å²) in [6.07, 6.45) is 0. The first-order valence-corrected chi connectivity index (χ1v) is 19.3. The Balaban J connectivity index is 1.09. The Morgan fingerprint density at radius 2 is 1.02 bits per heavy atom. The number of hydrogen-bond acceptors (Lipinski definition) is 3. The maximum Gasteiger partial charge on any atom is 0.164 e. The van der Waals surface area contributed by atoms with Crippen molar-refractivity contribution in [2.45, 2.75) is 19.3 Å². The third kappa shape index (κ3) is 4.38. The summed E-state index contributed by atoms with van der Waals surface area (Å²) in [6, 6.07) is 61.0. The Labute approximate surface area is 324 Å². The van der Waals surface area contributed by atoms with Crippen LogP contribution in [0.5, 0.6) is 0 Å². The number of aromatic nitrogens is 4. The Hall–Kier alpha value is -7.17. The van der Waals surface area contributed by atoms with E-state index in [-0.39, 0.29) is 5.41 Å². The summed E-state index contributed by atoms with van der Waals surface area (Å²) in [6.45, 7) is 4.73. The van der Waals surface area contributed by atoms with E-state index in [4.69, 9.17) is 15.0 Å². The van der Waals surface area contributed by atoms with E-state index in [9.17, 15) is 0 Å². The van der Waals surface area contributed by atoms with Crippen molar-refractivity contribution in [2.24, 2.45) is 0 Å². The van der Waals surface area contributed by atoms with E-state index in [0.717, 1.165) is 33.3 Å². The minimum absolute atomic E-state index is 0.103. The van der Waals surface area contributed by atoms with Crippen LogP contribution < -0.4 is 0 Å². The number of benzene rings is 8. The fraction of sp³-hybridized carbons (Fsp3) is 0.0577. The molecule has 2 aliphatic rings. The summed E-state index contributed by atoms with van der Waals surface area (Å²) in [7, 11) is 0. The van der Waals surface area contributed by atoms with Crippen molar-refractivity contribution in [1.82, 2.24) is 19.5 Å². The fourth-order valence-corrected chi connectivity index (χ4v) is 9.43. The van der Waals surface area contributed by atoms with Gasteiger partial charge in [-0.05, 0) is 68.4 Å². The second kappa shape index (κ2) is 11.4. The zero-order valence-corrected chi connectivity index (χ0v) is 31.0. The zero-order chi connectivity index (χ0) is 37.1. The lowest BCUT2D eigenvalue weighted by atomic mass is 9.81. The van der Waals surface area contributed by atoms with Crippen LogP contribution >= 0.6 is 0 Å². The predicted octanol–water partition coefficient (Wildman–Crippen LogP) is 13.1. The highest BCUT2D eigenvalue weighted by Crippen LogP contribution is 2.58. The highest BCUT2D eigenvalue weighted by Gasteiger charge is 2.40. The topological polar surface area (TPSA) is 43.6 Å². The molecule has 2 aromatic heterocycles. The quantitative estimate of drug-likeness (QED) is 0.182. The van der Waals surface area contributed by atoms with Gasteiger partial charge in [0.1, 0.15) is 0 Å². The molecule has 8 aromatic carbocycles. The molecule has 10 aromatic rings. The molecule has 1 aliphatic carbocycles. The molecule has 0 saturated heterocycles. The minimum Gasteiger partial charge on any atom is -0.308 e. The molecule has 0 fully saturated rings. The molecule has 0 N–H and O–H groups in total. The van der Waals surface area contributed by atoms with E-state index in [1.807, 2.05) is 18.2 Å². The highest BCUT2D eigenvalue weighted by atomic mass is 15.0. The minimum atomic E-state index is -0.103. The molecule has 0 bridgehead atoms. The molecule has 262 valence electrons. The second-order valence-corrected chi connectivity index (χ2v) is 15.6. The van der Waals surface area contributed by atoms with Gasteiger partial charge in [0.05, 0.1) is 16.7 Å². The summed E-state index contributed by atoms with van der Waals surface area (Å²) in [5.41, 5.74) is 16.6. The zero-order valence-electron chi connectivity index (χ0n) is 31.0. The van der Waals surface area contributed by atoms with Gasteiger partial charge in [-0.15, -0.1) is 0 Å². The standard InChI is InChI=1S/C52H34N4/c1-52(2)42-20-11-19-40-38-18-8-9-21-44(38)56-45-30-37(24-25-39(45)41-26-27-43(52)47(46(40)42)48(41)56)51-54-49(32-13-4-3-5-14-32)53-50(55-51)36-17-10-16-34(29-36)35-23-22-31-12-6-7-15-33(31)28-35/h3-30H,1-2H3. The van der Waals surface area contributed by atoms with Crippen molar-refractivity contribution >= 4 is 32.6 Å². The van der Waals surface area contributed by atoms with Gasteiger partial charge < -0.3 is 4.57 Å². The third-order valence-electron chi connectivity index (χ3n) is 12.2. The second-order valence-electron chi connectivity index (χ2n) is 15.6. The number of nitrogens with zero attached hydrogens (tertiary/aromatic N) is 4. The fourth-order valence-electron chi connectivity index (χ4n) is 9.43. The van der Waals surface area contributed by atoms with Crippen LogP contribution in [-0.4, -0.2) is 19.5 Å². The smallest absolute Gasteiger partial charge is 0.164 e. The van der Waals surface area contributed by atoms with E-state index in [0.29, 0.717) is 17.5 Å². The average Bonchev–Trinajstić information content (AvgIpc) is 3.66. The van der Waals surface area contributed by atoms with Crippen molar-refractivity contribution in [3.05, 3.63) is 181 Å². The van der Waals surface area contributed by atoms with Gasteiger partial charge in [-0.2, -0.15) is 0 Å².